The lowest BCUT2D eigenvalue weighted by molar-refractivity contribution is -0.155. The normalized spacial score (nSPS) is 12.6. The van der Waals surface area contributed by atoms with Crippen molar-refractivity contribution in [2.75, 3.05) is 11.9 Å². The summed E-state index contributed by atoms with van der Waals surface area (Å²) in [7, 11) is 0. The van der Waals surface area contributed by atoms with Gasteiger partial charge < -0.3 is 10.6 Å². The summed E-state index contributed by atoms with van der Waals surface area (Å²) in [5, 5.41) is 5.75. The molecule has 2 aromatic rings. The van der Waals surface area contributed by atoms with Gasteiger partial charge in [-0.3, -0.25) is 4.79 Å². The van der Waals surface area contributed by atoms with Crippen molar-refractivity contribution < 1.29 is 18.0 Å². The summed E-state index contributed by atoms with van der Waals surface area (Å²) in [6, 6.07) is 14.6. The number of alkyl halides is 3. The van der Waals surface area contributed by atoms with Gasteiger partial charge in [-0.2, -0.15) is 13.2 Å². The highest BCUT2D eigenvalue weighted by molar-refractivity contribution is 5.92. The zero-order chi connectivity index (χ0) is 18.3. The van der Waals surface area contributed by atoms with Crippen LogP contribution in [-0.2, 0) is 11.3 Å². The van der Waals surface area contributed by atoms with Gasteiger partial charge in [0.05, 0.1) is 5.92 Å². The molecule has 0 aromatic heterocycles. The van der Waals surface area contributed by atoms with Crippen molar-refractivity contribution in [2.45, 2.75) is 32.0 Å². The number of benzene rings is 2. The number of halogens is 3. The third kappa shape index (κ3) is 5.60. The number of para-hydroxylation sites is 1. The van der Waals surface area contributed by atoms with Crippen molar-refractivity contribution in [2.24, 2.45) is 0 Å². The molecule has 2 aromatic carbocycles. The molecule has 2 N–H and O–H groups in total. The van der Waals surface area contributed by atoms with E-state index in [0.717, 1.165) is 12.1 Å². The molecule has 2 rings (SSSR count). The average Bonchev–Trinajstić information content (AvgIpc) is 2.59. The maximum atomic E-state index is 13.4. The molecule has 0 aliphatic carbocycles. The summed E-state index contributed by atoms with van der Waals surface area (Å²) < 4.78 is 40.1. The second kappa shape index (κ2) is 8.67. The van der Waals surface area contributed by atoms with E-state index in [1.165, 1.54) is 24.3 Å². The van der Waals surface area contributed by atoms with Crippen molar-refractivity contribution in [1.82, 2.24) is 5.32 Å². The standard InChI is InChI=1S/C19H21F3N2O/c1-2-23-13-15-10-6-7-11-17(15)24-18(25)12-16(19(20,21)22)14-8-4-3-5-9-14/h3-11,16,23H,2,12-13H2,1H3,(H,24,25). The number of nitrogens with one attached hydrogen (secondary N) is 2. The van der Waals surface area contributed by atoms with E-state index in [4.69, 9.17) is 0 Å². The van der Waals surface area contributed by atoms with Crippen LogP contribution in [0, 0.1) is 0 Å². The van der Waals surface area contributed by atoms with E-state index in [1.54, 1.807) is 18.2 Å². The summed E-state index contributed by atoms with van der Waals surface area (Å²) in [5.74, 6) is -2.48. The van der Waals surface area contributed by atoms with Gasteiger partial charge in [0, 0.05) is 18.7 Å². The molecule has 1 amide bonds. The molecular formula is C19H21F3N2O. The lowest BCUT2D eigenvalue weighted by Gasteiger charge is -2.21. The molecular weight excluding hydrogens is 329 g/mol. The Hall–Kier alpha value is -2.34. The summed E-state index contributed by atoms with van der Waals surface area (Å²) in [5.41, 5.74) is 1.45. The third-order valence-electron chi connectivity index (χ3n) is 3.84. The third-order valence-corrected chi connectivity index (χ3v) is 3.84. The topological polar surface area (TPSA) is 41.1 Å². The first-order valence-corrected chi connectivity index (χ1v) is 8.12. The average molecular weight is 350 g/mol. The van der Waals surface area contributed by atoms with Gasteiger partial charge >= 0.3 is 6.18 Å². The Morgan fingerprint density at radius 1 is 1.04 bits per heavy atom. The second-order valence-electron chi connectivity index (χ2n) is 5.69. The molecule has 0 aliphatic rings. The number of carbonyl (C=O) groups excluding carboxylic acids is 1. The van der Waals surface area contributed by atoms with Crippen molar-refractivity contribution in [1.29, 1.82) is 0 Å². The van der Waals surface area contributed by atoms with Crippen LogP contribution in [0.1, 0.15) is 30.4 Å². The highest BCUT2D eigenvalue weighted by atomic mass is 19.4. The predicted octanol–water partition coefficient (Wildman–Crippen LogP) is 4.47. The van der Waals surface area contributed by atoms with Crippen molar-refractivity contribution in [3.05, 3.63) is 65.7 Å². The van der Waals surface area contributed by atoms with Gasteiger partial charge in [-0.15, -0.1) is 0 Å². The lowest BCUT2D eigenvalue weighted by Crippen LogP contribution is -2.26. The molecule has 1 atom stereocenters. The highest BCUT2D eigenvalue weighted by Crippen LogP contribution is 2.37. The van der Waals surface area contributed by atoms with Gasteiger partial charge in [0.1, 0.15) is 0 Å². The summed E-state index contributed by atoms with van der Waals surface area (Å²) in [6.07, 6.45) is -5.13. The van der Waals surface area contributed by atoms with E-state index < -0.39 is 24.4 Å². The van der Waals surface area contributed by atoms with Gasteiger partial charge in [-0.1, -0.05) is 55.5 Å². The lowest BCUT2D eigenvalue weighted by atomic mass is 9.94. The maximum Gasteiger partial charge on any atom is 0.396 e. The summed E-state index contributed by atoms with van der Waals surface area (Å²) in [4.78, 5) is 12.2. The number of amides is 1. The van der Waals surface area contributed by atoms with E-state index >= 15 is 0 Å². The van der Waals surface area contributed by atoms with Gasteiger partial charge in [0.25, 0.3) is 0 Å². The largest absolute Gasteiger partial charge is 0.396 e. The van der Waals surface area contributed by atoms with Crippen LogP contribution in [0.2, 0.25) is 0 Å². The number of rotatable bonds is 7. The van der Waals surface area contributed by atoms with Crippen LogP contribution in [0.5, 0.6) is 0 Å². The first-order chi connectivity index (χ1) is 11.9. The zero-order valence-corrected chi connectivity index (χ0v) is 13.9. The quantitative estimate of drug-likeness (QED) is 0.773. The minimum Gasteiger partial charge on any atom is -0.326 e. The van der Waals surface area contributed by atoms with Gasteiger partial charge in [-0.25, -0.2) is 0 Å². The van der Waals surface area contributed by atoms with Crippen molar-refractivity contribution >= 4 is 11.6 Å². The van der Waals surface area contributed by atoms with Crippen molar-refractivity contribution in [3.63, 3.8) is 0 Å². The van der Waals surface area contributed by atoms with Gasteiger partial charge in [0.2, 0.25) is 5.91 Å². The number of hydrogen-bond acceptors (Lipinski definition) is 2. The fourth-order valence-corrected chi connectivity index (χ4v) is 2.55. The van der Waals surface area contributed by atoms with Crippen LogP contribution in [0.25, 0.3) is 0 Å². The van der Waals surface area contributed by atoms with E-state index in [2.05, 4.69) is 10.6 Å². The maximum absolute atomic E-state index is 13.4. The Bertz CT molecular complexity index is 687. The van der Waals surface area contributed by atoms with Crippen LogP contribution in [0.3, 0.4) is 0 Å². The fourth-order valence-electron chi connectivity index (χ4n) is 2.55. The molecule has 0 saturated heterocycles. The van der Waals surface area contributed by atoms with Gasteiger partial charge in [0.15, 0.2) is 0 Å². The van der Waals surface area contributed by atoms with Crippen LogP contribution >= 0.6 is 0 Å². The molecule has 0 fully saturated rings. The Morgan fingerprint density at radius 3 is 2.32 bits per heavy atom. The predicted molar refractivity (Wildman–Crippen MR) is 92.3 cm³/mol. The van der Waals surface area contributed by atoms with E-state index in [-0.39, 0.29) is 5.56 Å². The minimum atomic E-state index is -4.48. The monoisotopic (exact) mass is 350 g/mol. The molecule has 0 spiro atoms. The summed E-state index contributed by atoms with van der Waals surface area (Å²) in [6.45, 7) is 3.25. The minimum absolute atomic E-state index is 0.0890. The molecule has 0 heterocycles. The smallest absolute Gasteiger partial charge is 0.326 e. The summed E-state index contributed by atoms with van der Waals surface area (Å²) >= 11 is 0. The van der Waals surface area contributed by atoms with Crippen LogP contribution in [0.4, 0.5) is 18.9 Å². The molecule has 6 heteroatoms. The molecule has 3 nitrogen and oxygen atoms in total. The number of carbonyl (C=O) groups is 1. The van der Waals surface area contributed by atoms with Crippen LogP contribution in [-0.4, -0.2) is 18.6 Å². The van der Waals surface area contributed by atoms with E-state index in [1.807, 2.05) is 19.1 Å². The molecule has 0 radical (unpaired) electrons. The van der Waals surface area contributed by atoms with E-state index in [9.17, 15) is 18.0 Å². The number of hydrogen-bond donors (Lipinski definition) is 2. The fraction of sp³-hybridized carbons (Fsp3) is 0.316. The molecule has 1 unspecified atom stereocenters. The molecule has 25 heavy (non-hydrogen) atoms. The molecule has 134 valence electrons. The first kappa shape index (κ1) is 19.0. The zero-order valence-electron chi connectivity index (χ0n) is 13.9. The van der Waals surface area contributed by atoms with Crippen LogP contribution in [0.15, 0.2) is 54.6 Å². The molecule has 0 saturated carbocycles. The van der Waals surface area contributed by atoms with Crippen molar-refractivity contribution in [3.8, 4) is 0 Å². The molecule has 0 bridgehead atoms. The Morgan fingerprint density at radius 2 is 1.68 bits per heavy atom. The Balaban J connectivity index is 2.12. The van der Waals surface area contributed by atoms with E-state index in [0.29, 0.717) is 12.2 Å². The first-order valence-electron chi connectivity index (χ1n) is 8.12. The highest BCUT2D eigenvalue weighted by Gasteiger charge is 2.41. The second-order valence-corrected chi connectivity index (χ2v) is 5.69. The molecule has 0 aliphatic heterocycles. The Labute approximate surface area is 145 Å². The van der Waals surface area contributed by atoms with Crippen LogP contribution < -0.4 is 10.6 Å². The van der Waals surface area contributed by atoms with Gasteiger partial charge in [-0.05, 0) is 23.7 Å². The Kier molecular flexibility index (Phi) is 6.58. The number of anilines is 1. The SMILES string of the molecule is CCNCc1ccccc1NC(=O)CC(c1ccccc1)C(F)(F)F.